The van der Waals surface area contributed by atoms with Gasteiger partial charge in [-0.25, -0.2) is 4.39 Å². The molecule has 150 valence electrons. The molecule has 2 aromatic rings. The fraction of sp³-hybridized carbons (Fsp3) is 0.556. The molecule has 0 amide bonds. The van der Waals surface area contributed by atoms with Crippen LogP contribution in [0.1, 0.15) is 81.8 Å². The van der Waals surface area contributed by atoms with Gasteiger partial charge < -0.3 is 0 Å². The van der Waals surface area contributed by atoms with Crippen LogP contribution in [0.25, 0.3) is 10.8 Å². The molecule has 1 heteroatoms. The third-order valence-corrected chi connectivity index (χ3v) is 7.54. The van der Waals surface area contributed by atoms with Crippen molar-refractivity contribution < 1.29 is 4.39 Å². The smallest absolute Gasteiger partial charge is 0.127 e. The van der Waals surface area contributed by atoms with E-state index in [1.54, 1.807) is 6.07 Å². The highest BCUT2D eigenvalue weighted by Gasteiger charge is 2.35. The van der Waals surface area contributed by atoms with Crippen LogP contribution < -0.4 is 0 Å². The van der Waals surface area contributed by atoms with Gasteiger partial charge >= 0.3 is 0 Å². The average molecular weight is 379 g/mol. The van der Waals surface area contributed by atoms with Crippen LogP contribution in [-0.4, -0.2) is 0 Å². The van der Waals surface area contributed by atoms with Crippen molar-refractivity contribution in [2.24, 2.45) is 17.8 Å². The molecule has 0 aliphatic heterocycles. The second kappa shape index (κ2) is 8.80. The summed E-state index contributed by atoms with van der Waals surface area (Å²) in [5.41, 5.74) is 2.24. The Hall–Kier alpha value is -1.63. The number of hydrogen-bond acceptors (Lipinski definition) is 0. The Kier molecular flexibility index (Phi) is 6.19. The summed E-state index contributed by atoms with van der Waals surface area (Å²) in [5, 5.41) is 2.23. The summed E-state index contributed by atoms with van der Waals surface area (Å²) in [4.78, 5) is 0. The van der Waals surface area contributed by atoms with Crippen molar-refractivity contribution in [1.29, 1.82) is 0 Å². The van der Waals surface area contributed by atoms with E-state index in [1.807, 2.05) is 12.1 Å². The summed E-state index contributed by atoms with van der Waals surface area (Å²) in [7, 11) is 0. The van der Waals surface area contributed by atoms with E-state index >= 15 is 0 Å². The minimum Gasteiger partial charge on any atom is -0.207 e. The van der Waals surface area contributed by atoms with E-state index in [0.717, 1.165) is 46.9 Å². The number of hydrogen-bond donors (Lipinski definition) is 0. The molecule has 0 aromatic heterocycles. The van der Waals surface area contributed by atoms with E-state index < -0.39 is 0 Å². The molecule has 2 unspecified atom stereocenters. The zero-order chi connectivity index (χ0) is 19.5. The summed E-state index contributed by atoms with van der Waals surface area (Å²) in [6.45, 7) is 6.08. The lowest BCUT2D eigenvalue weighted by Crippen LogP contribution is -2.30. The number of aryl methyl sites for hydroxylation is 1. The van der Waals surface area contributed by atoms with E-state index in [1.165, 1.54) is 56.9 Å². The second-order valence-electron chi connectivity index (χ2n) is 9.38. The number of benzene rings is 2. The van der Waals surface area contributed by atoms with Gasteiger partial charge in [-0.2, -0.15) is 0 Å². The largest absolute Gasteiger partial charge is 0.207 e. The Balaban J connectivity index is 1.48. The fourth-order valence-corrected chi connectivity index (χ4v) is 6.00. The van der Waals surface area contributed by atoms with Crippen molar-refractivity contribution in [3.63, 3.8) is 0 Å². The van der Waals surface area contributed by atoms with E-state index in [9.17, 15) is 4.39 Å². The molecule has 2 aliphatic carbocycles. The first kappa shape index (κ1) is 19.7. The van der Waals surface area contributed by atoms with Crippen molar-refractivity contribution in [2.45, 2.75) is 77.0 Å². The van der Waals surface area contributed by atoms with Crippen molar-refractivity contribution in [3.05, 3.63) is 59.9 Å². The molecule has 2 aromatic carbocycles. The van der Waals surface area contributed by atoms with Crippen LogP contribution in [0.15, 0.2) is 43.0 Å². The lowest BCUT2D eigenvalue weighted by molar-refractivity contribution is 0.114. The van der Waals surface area contributed by atoms with Crippen molar-refractivity contribution in [1.82, 2.24) is 0 Å². The lowest BCUT2D eigenvalue weighted by atomic mass is 9.63. The summed E-state index contributed by atoms with van der Waals surface area (Å²) < 4.78 is 14.5. The zero-order valence-electron chi connectivity index (χ0n) is 17.4. The summed E-state index contributed by atoms with van der Waals surface area (Å²) in [5.74, 6) is 3.47. The minimum absolute atomic E-state index is 0.0653. The van der Waals surface area contributed by atoms with Crippen LogP contribution in [0.2, 0.25) is 0 Å². The molecule has 4 atom stereocenters. The van der Waals surface area contributed by atoms with E-state index in [0.29, 0.717) is 5.92 Å². The average Bonchev–Trinajstić information content (AvgIpc) is 2.71. The highest BCUT2D eigenvalue weighted by molar-refractivity contribution is 5.84. The Morgan fingerprint density at radius 3 is 2.64 bits per heavy atom. The van der Waals surface area contributed by atoms with Crippen LogP contribution in [0, 0.1) is 23.6 Å². The van der Waals surface area contributed by atoms with Crippen LogP contribution in [0.4, 0.5) is 4.39 Å². The Morgan fingerprint density at radius 1 is 1.00 bits per heavy atom. The monoisotopic (exact) mass is 378 g/mol. The predicted octanol–water partition coefficient (Wildman–Crippen LogP) is 8.20. The van der Waals surface area contributed by atoms with Crippen LogP contribution in [0.5, 0.6) is 0 Å². The standard InChI is InChI=1S/C27H35F/c1-3-5-7-25-16-24-13-12-23(17-26(24)18-27(25)28)22-11-10-20-14-19(6-4-2)8-9-21(20)15-22/h3,12-13,16-22H,1,4-11,14-15H2,2H3/t19?,20-,21?,22-/m1/s1. The molecular formula is C27H35F. The first-order valence-electron chi connectivity index (χ1n) is 11.5. The molecular weight excluding hydrogens is 343 g/mol. The van der Waals surface area contributed by atoms with Crippen LogP contribution in [0.3, 0.4) is 0 Å². The van der Waals surface area contributed by atoms with Crippen molar-refractivity contribution in [2.75, 3.05) is 0 Å². The molecule has 0 N–H and O–H groups in total. The summed E-state index contributed by atoms with van der Waals surface area (Å²) in [6, 6.07) is 10.6. The second-order valence-corrected chi connectivity index (χ2v) is 9.38. The molecule has 28 heavy (non-hydrogen) atoms. The summed E-state index contributed by atoms with van der Waals surface area (Å²) >= 11 is 0. The molecule has 0 radical (unpaired) electrons. The number of halogens is 1. The van der Waals surface area contributed by atoms with Gasteiger partial charge in [-0.3, -0.25) is 0 Å². The van der Waals surface area contributed by atoms with Gasteiger partial charge in [0.05, 0.1) is 0 Å². The Bertz CT molecular complexity index is 820. The maximum absolute atomic E-state index is 14.5. The minimum atomic E-state index is -0.0653. The third kappa shape index (κ3) is 4.19. The Morgan fingerprint density at radius 2 is 1.82 bits per heavy atom. The van der Waals surface area contributed by atoms with Gasteiger partial charge in [-0.05, 0) is 103 Å². The van der Waals surface area contributed by atoms with E-state index in [4.69, 9.17) is 0 Å². The summed E-state index contributed by atoms with van der Waals surface area (Å²) in [6.07, 6.45) is 14.6. The van der Waals surface area contributed by atoms with Gasteiger partial charge in [-0.1, -0.05) is 50.5 Å². The van der Waals surface area contributed by atoms with Crippen LogP contribution >= 0.6 is 0 Å². The Labute approximate surface area is 170 Å². The molecule has 0 heterocycles. The number of rotatable bonds is 6. The van der Waals surface area contributed by atoms with Crippen LogP contribution in [-0.2, 0) is 6.42 Å². The maximum Gasteiger partial charge on any atom is 0.127 e. The number of fused-ring (bicyclic) bond motifs is 2. The first-order valence-corrected chi connectivity index (χ1v) is 11.5. The molecule has 2 aliphatic rings. The third-order valence-electron chi connectivity index (χ3n) is 7.54. The quantitative estimate of drug-likeness (QED) is 0.444. The number of allylic oxidation sites excluding steroid dienone is 1. The van der Waals surface area contributed by atoms with Gasteiger partial charge in [0.1, 0.15) is 5.82 Å². The SMILES string of the molecule is C=CCCc1cc2ccc([C@@H]3CC[C@@H]4CC(CCC)CCC4C3)cc2cc1F. The molecule has 2 saturated carbocycles. The molecule has 0 spiro atoms. The molecule has 2 fully saturated rings. The normalized spacial score (nSPS) is 27.5. The van der Waals surface area contributed by atoms with Gasteiger partial charge in [0.25, 0.3) is 0 Å². The van der Waals surface area contributed by atoms with Crippen molar-refractivity contribution in [3.8, 4) is 0 Å². The van der Waals surface area contributed by atoms with Gasteiger partial charge in [-0.15, -0.1) is 6.58 Å². The maximum atomic E-state index is 14.5. The van der Waals surface area contributed by atoms with Crippen molar-refractivity contribution >= 4 is 10.8 Å². The van der Waals surface area contributed by atoms with E-state index in [2.05, 4.69) is 31.7 Å². The highest BCUT2D eigenvalue weighted by atomic mass is 19.1. The van der Waals surface area contributed by atoms with Gasteiger partial charge in [0, 0.05) is 0 Å². The molecule has 4 rings (SSSR count). The highest BCUT2D eigenvalue weighted by Crippen LogP contribution is 2.48. The fourth-order valence-electron chi connectivity index (χ4n) is 6.00. The van der Waals surface area contributed by atoms with Gasteiger partial charge in [0.15, 0.2) is 0 Å². The lowest BCUT2D eigenvalue weighted by Gasteiger charge is -2.42. The van der Waals surface area contributed by atoms with Gasteiger partial charge in [0.2, 0.25) is 0 Å². The topological polar surface area (TPSA) is 0 Å². The molecule has 0 bridgehead atoms. The zero-order valence-corrected chi connectivity index (χ0v) is 17.4. The predicted molar refractivity (Wildman–Crippen MR) is 118 cm³/mol. The molecule has 0 nitrogen and oxygen atoms in total. The molecule has 0 saturated heterocycles. The first-order chi connectivity index (χ1) is 13.7. The van der Waals surface area contributed by atoms with E-state index in [-0.39, 0.29) is 5.82 Å².